The molecule has 0 atom stereocenters. The van der Waals surface area contributed by atoms with Crippen LogP contribution in [0, 0.1) is 0 Å². The van der Waals surface area contributed by atoms with Crippen LogP contribution < -0.4 is 0 Å². The van der Waals surface area contributed by atoms with E-state index in [1.165, 1.54) is 4.90 Å². The van der Waals surface area contributed by atoms with Crippen molar-refractivity contribution in [3.63, 3.8) is 0 Å². The molecule has 1 heterocycles. The number of rotatable bonds is 4. The molecular formula is C13H10ClNO3S2. The topological polar surface area (TPSA) is 57.6 Å². The number of nitrogens with zero attached hydrogens (tertiary/aromatic N) is 1. The highest BCUT2D eigenvalue weighted by molar-refractivity contribution is 8.26. The zero-order valence-corrected chi connectivity index (χ0v) is 12.6. The molecule has 7 heteroatoms. The van der Waals surface area contributed by atoms with E-state index in [0.29, 0.717) is 14.2 Å². The first-order valence-corrected chi connectivity index (χ1v) is 7.31. The van der Waals surface area contributed by atoms with Gasteiger partial charge < -0.3 is 5.11 Å². The van der Waals surface area contributed by atoms with Gasteiger partial charge in [-0.05, 0) is 17.7 Å². The van der Waals surface area contributed by atoms with Crippen LogP contribution in [0.2, 0.25) is 5.02 Å². The Hall–Kier alpha value is -1.37. The smallest absolute Gasteiger partial charge is 0.305 e. The second kappa shape index (κ2) is 6.39. The molecule has 2 rings (SSSR count). The van der Waals surface area contributed by atoms with Gasteiger partial charge >= 0.3 is 5.97 Å². The largest absolute Gasteiger partial charge is 0.481 e. The number of carboxylic acids is 1. The lowest BCUT2D eigenvalue weighted by Crippen LogP contribution is -2.30. The second-order valence-corrected chi connectivity index (χ2v) is 6.08. The summed E-state index contributed by atoms with van der Waals surface area (Å²) < 4.78 is 0.370. The minimum atomic E-state index is -0.964. The first-order valence-electron chi connectivity index (χ1n) is 5.70. The van der Waals surface area contributed by atoms with E-state index in [9.17, 15) is 9.59 Å². The fourth-order valence-electron chi connectivity index (χ4n) is 1.63. The van der Waals surface area contributed by atoms with Crippen LogP contribution in [-0.4, -0.2) is 32.7 Å². The van der Waals surface area contributed by atoms with Crippen LogP contribution in [0.15, 0.2) is 29.2 Å². The summed E-state index contributed by atoms with van der Waals surface area (Å²) in [7, 11) is 0. The third-order valence-corrected chi connectivity index (χ3v) is 4.34. The van der Waals surface area contributed by atoms with Crippen molar-refractivity contribution in [3.8, 4) is 0 Å². The van der Waals surface area contributed by atoms with Gasteiger partial charge in [0.25, 0.3) is 5.91 Å². The summed E-state index contributed by atoms with van der Waals surface area (Å²) >= 11 is 12.3. The number of thiocarbonyl (C=S) groups is 1. The van der Waals surface area contributed by atoms with Crippen LogP contribution in [0.1, 0.15) is 12.0 Å². The highest BCUT2D eigenvalue weighted by Gasteiger charge is 2.32. The fraction of sp³-hybridized carbons (Fsp3) is 0.154. The Morgan fingerprint density at radius 1 is 1.45 bits per heavy atom. The maximum atomic E-state index is 12.2. The third-order valence-electron chi connectivity index (χ3n) is 2.61. The number of benzene rings is 1. The molecule has 1 saturated heterocycles. The molecule has 0 saturated carbocycles. The van der Waals surface area contributed by atoms with Gasteiger partial charge in [0, 0.05) is 11.6 Å². The normalized spacial score (nSPS) is 17.1. The molecular weight excluding hydrogens is 318 g/mol. The maximum Gasteiger partial charge on any atom is 0.305 e. The highest BCUT2D eigenvalue weighted by Crippen LogP contribution is 2.33. The molecule has 0 bridgehead atoms. The number of aliphatic carboxylic acids is 1. The van der Waals surface area contributed by atoms with Gasteiger partial charge in [0.2, 0.25) is 0 Å². The molecule has 4 nitrogen and oxygen atoms in total. The van der Waals surface area contributed by atoms with Crippen molar-refractivity contribution in [3.05, 3.63) is 39.8 Å². The van der Waals surface area contributed by atoms with Crippen LogP contribution >= 0.6 is 35.6 Å². The number of carbonyl (C=O) groups is 2. The number of hydrogen-bond acceptors (Lipinski definition) is 4. The van der Waals surface area contributed by atoms with E-state index < -0.39 is 5.97 Å². The zero-order valence-electron chi connectivity index (χ0n) is 10.2. The van der Waals surface area contributed by atoms with Gasteiger partial charge in [-0.25, -0.2) is 0 Å². The van der Waals surface area contributed by atoms with Crippen LogP contribution in [0.25, 0.3) is 6.08 Å². The summed E-state index contributed by atoms with van der Waals surface area (Å²) in [6, 6.07) is 7.16. The molecule has 0 unspecified atom stereocenters. The quantitative estimate of drug-likeness (QED) is 0.680. The van der Waals surface area contributed by atoms with E-state index in [2.05, 4.69) is 0 Å². The van der Waals surface area contributed by atoms with E-state index in [0.717, 1.165) is 17.3 Å². The molecule has 1 aromatic rings. The molecule has 1 N–H and O–H groups in total. The van der Waals surface area contributed by atoms with E-state index in [-0.39, 0.29) is 18.9 Å². The summed E-state index contributed by atoms with van der Waals surface area (Å²) in [4.78, 5) is 24.5. The van der Waals surface area contributed by atoms with Crippen molar-refractivity contribution < 1.29 is 14.7 Å². The monoisotopic (exact) mass is 327 g/mol. The predicted octanol–water partition coefficient (Wildman–Crippen LogP) is 3.02. The molecule has 1 aromatic carbocycles. The van der Waals surface area contributed by atoms with Crippen molar-refractivity contribution in [2.45, 2.75) is 6.42 Å². The Labute approximate surface area is 130 Å². The Balaban J connectivity index is 2.19. The van der Waals surface area contributed by atoms with E-state index in [1.807, 2.05) is 6.07 Å². The first-order chi connectivity index (χ1) is 9.49. The van der Waals surface area contributed by atoms with E-state index in [4.69, 9.17) is 28.9 Å². The Morgan fingerprint density at radius 3 is 2.80 bits per heavy atom. The lowest BCUT2D eigenvalue weighted by molar-refractivity contribution is -0.137. The van der Waals surface area contributed by atoms with E-state index >= 15 is 0 Å². The van der Waals surface area contributed by atoms with Crippen molar-refractivity contribution >= 4 is 57.9 Å². The molecule has 20 heavy (non-hydrogen) atoms. The van der Waals surface area contributed by atoms with Gasteiger partial charge in [0.1, 0.15) is 4.32 Å². The average Bonchev–Trinajstić information content (AvgIpc) is 2.65. The predicted molar refractivity (Wildman–Crippen MR) is 83.6 cm³/mol. The summed E-state index contributed by atoms with van der Waals surface area (Å²) in [6.45, 7) is 0.0832. The molecule has 0 radical (unpaired) electrons. The van der Waals surface area contributed by atoms with Crippen molar-refractivity contribution in [2.24, 2.45) is 0 Å². The molecule has 0 aromatic heterocycles. The molecule has 104 valence electrons. The summed E-state index contributed by atoms with van der Waals surface area (Å²) in [5.41, 5.74) is 0.730. The average molecular weight is 328 g/mol. The zero-order chi connectivity index (χ0) is 14.7. The molecule has 1 amide bonds. The van der Waals surface area contributed by atoms with Crippen LogP contribution in [0.5, 0.6) is 0 Å². The van der Waals surface area contributed by atoms with Gasteiger partial charge in [-0.15, -0.1) is 0 Å². The first kappa shape index (κ1) is 15.0. The number of amides is 1. The Kier molecular flexibility index (Phi) is 4.80. The van der Waals surface area contributed by atoms with Crippen molar-refractivity contribution in [1.82, 2.24) is 4.90 Å². The molecule has 1 fully saturated rings. The van der Waals surface area contributed by atoms with Gasteiger partial charge in [-0.1, -0.05) is 53.8 Å². The SMILES string of the molecule is O=C(O)CCN1C(=O)/C(=C\c2ccccc2Cl)SC1=S. The molecule has 0 spiro atoms. The van der Waals surface area contributed by atoms with Crippen molar-refractivity contribution in [1.29, 1.82) is 0 Å². The maximum absolute atomic E-state index is 12.2. The summed E-state index contributed by atoms with van der Waals surface area (Å²) in [5.74, 6) is -1.24. The molecule has 1 aliphatic rings. The second-order valence-electron chi connectivity index (χ2n) is 4.00. The highest BCUT2D eigenvalue weighted by atomic mass is 35.5. The molecule has 1 aliphatic heterocycles. The number of carboxylic acid groups (broad SMARTS) is 1. The van der Waals surface area contributed by atoms with E-state index in [1.54, 1.807) is 24.3 Å². The lowest BCUT2D eigenvalue weighted by atomic mass is 10.2. The summed E-state index contributed by atoms with van der Waals surface area (Å²) in [6.07, 6.45) is 1.54. The van der Waals surface area contributed by atoms with Gasteiger partial charge in [0.05, 0.1) is 11.3 Å². The minimum absolute atomic E-state index is 0.0832. The standard InChI is InChI=1S/C13H10ClNO3S2/c14-9-4-2-1-3-8(9)7-10-12(18)15(13(19)20-10)6-5-11(16)17/h1-4,7H,5-6H2,(H,16,17)/b10-7+. The number of carbonyl (C=O) groups excluding carboxylic acids is 1. The Morgan fingerprint density at radius 2 is 2.15 bits per heavy atom. The van der Waals surface area contributed by atoms with Gasteiger partial charge in [-0.3, -0.25) is 14.5 Å². The Bertz CT molecular complexity index is 615. The molecule has 0 aliphatic carbocycles. The number of halogens is 1. The number of thioether (sulfide) groups is 1. The van der Waals surface area contributed by atoms with Gasteiger partial charge in [0.15, 0.2) is 0 Å². The van der Waals surface area contributed by atoms with Crippen molar-refractivity contribution in [2.75, 3.05) is 6.54 Å². The summed E-state index contributed by atoms with van der Waals surface area (Å²) in [5, 5.41) is 9.21. The fourth-order valence-corrected chi connectivity index (χ4v) is 3.12. The third kappa shape index (κ3) is 3.39. The van der Waals surface area contributed by atoms with Gasteiger partial charge in [-0.2, -0.15) is 0 Å². The van der Waals surface area contributed by atoms with Crippen LogP contribution in [0.3, 0.4) is 0 Å². The minimum Gasteiger partial charge on any atom is -0.481 e. The number of hydrogen-bond donors (Lipinski definition) is 1. The van der Waals surface area contributed by atoms with Crippen LogP contribution in [0.4, 0.5) is 0 Å². The van der Waals surface area contributed by atoms with Crippen LogP contribution in [-0.2, 0) is 9.59 Å². The lowest BCUT2D eigenvalue weighted by Gasteiger charge is -2.12.